The summed E-state index contributed by atoms with van der Waals surface area (Å²) in [6.45, 7) is 8.92. The number of hydrogen-bond donors (Lipinski definition) is 2. The molecular weight excluding hydrogens is 466 g/mol. The van der Waals surface area contributed by atoms with Crippen LogP contribution in [0.1, 0.15) is 76.7 Å². The van der Waals surface area contributed by atoms with Crippen molar-refractivity contribution in [3.63, 3.8) is 0 Å². The van der Waals surface area contributed by atoms with Gasteiger partial charge in [0.05, 0.1) is 6.20 Å². The van der Waals surface area contributed by atoms with Gasteiger partial charge in [-0.3, -0.25) is 19.4 Å². The molecule has 0 aromatic carbocycles. The Balaban J connectivity index is 1.34. The number of rotatable bonds is 6. The van der Waals surface area contributed by atoms with Crippen molar-refractivity contribution in [2.24, 2.45) is 35.0 Å². The molecule has 1 aromatic rings. The first-order valence-corrected chi connectivity index (χ1v) is 14.0. The van der Waals surface area contributed by atoms with Gasteiger partial charge in [-0.05, 0) is 61.2 Å². The van der Waals surface area contributed by atoms with Gasteiger partial charge in [-0.2, -0.15) is 0 Å². The molecule has 200 valence electrons. The molecule has 37 heavy (non-hydrogen) atoms. The maximum Gasteiger partial charge on any atom is 0.272 e. The molecule has 3 aliphatic carbocycles. The minimum atomic E-state index is -0.720. The fraction of sp³-hybridized carbons (Fsp3) is 0.690. The summed E-state index contributed by atoms with van der Waals surface area (Å²) in [7, 11) is 0. The normalized spacial score (nSPS) is 30.6. The zero-order valence-electron chi connectivity index (χ0n) is 22.5. The van der Waals surface area contributed by atoms with Crippen molar-refractivity contribution >= 4 is 17.7 Å². The van der Waals surface area contributed by atoms with Gasteiger partial charge in [0.25, 0.3) is 5.91 Å². The summed E-state index contributed by atoms with van der Waals surface area (Å²) in [4.78, 5) is 50.9. The van der Waals surface area contributed by atoms with Crippen LogP contribution in [-0.2, 0) is 9.59 Å². The number of fused-ring (bicyclic) bond motifs is 5. The van der Waals surface area contributed by atoms with Gasteiger partial charge in [0.15, 0.2) is 0 Å². The van der Waals surface area contributed by atoms with Crippen LogP contribution in [-0.4, -0.2) is 57.3 Å². The second-order valence-electron chi connectivity index (χ2n) is 12.7. The van der Waals surface area contributed by atoms with Crippen LogP contribution in [0.4, 0.5) is 0 Å². The second kappa shape index (κ2) is 10.2. The molecule has 3 fully saturated rings. The summed E-state index contributed by atoms with van der Waals surface area (Å²) in [6, 6.07) is -1.24. The molecule has 0 unspecified atom stereocenters. The van der Waals surface area contributed by atoms with E-state index in [4.69, 9.17) is 0 Å². The summed E-state index contributed by atoms with van der Waals surface area (Å²) >= 11 is 0. The molecular formula is C29H41N5O3. The molecule has 8 heteroatoms. The molecule has 2 N–H and O–H groups in total. The smallest absolute Gasteiger partial charge is 0.272 e. The molecule has 8 nitrogen and oxygen atoms in total. The van der Waals surface area contributed by atoms with Gasteiger partial charge in [-0.1, -0.05) is 52.2 Å². The SMILES string of the molecule is C[C@@H]1[C@@H]2[C@H](CN1C(=O)[C@@H](NC(=O)[C@@H](NC(=O)c1cnccn1)C1CCCCC1)C(C)(C)C)[C@H]1C=C[C@@H]2C1. The molecule has 1 aromatic heterocycles. The summed E-state index contributed by atoms with van der Waals surface area (Å²) in [5.41, 5.74) is -0.298. The lowest BCUT2D eigenvalue weighted by Crippen LogP contribution is -2.60. The highest BCUT2D eigenvalue weighted by Crippen LogP contribution is 2.54. The van der Waals surface area contributed by atoms with Crippen LogP contribution in [0.2, 0.25) is 0 Å². The number of likely N-dealkylation sites (tertiary alicyclic amines) is 1. The van der Waals surface area contributed by atoms with Crippen molar-refractivity contribution in [2.45, 2.75) is 84.3 Å². The number of allylic oxidation sites excluding steroid dienone is 2. The van der Waals surface area contributed by atoms with Gasteiger partial charge in [0, 0.05) is 25.0 Å². The van der Waals surface area contributed by atoms with Crippen molar-refractivity contribution in [1.29, 1.82) is 0 Å². The molecule has 0 spiro atoms. The Kier molecular flexibility index (Phi) is 7.12. The number of nitrogens with one attached hydrogen (secondary N) is 2. The number of carbonyl (C=O) groups excluding carboxylic acids is 3. The van der Waals surface area contributed by atoms with Gasteiger partial charge in [0.2, 0.25) is 11.8 Å². The summed E-state index contributed by atoms with van der Waals surface area (Å²) in [5, 5.41) is 6.06. The van der Waals surface area contributed by atoms with Crippen LogP contribution in [0.5, 0.6) is 0 Å². The maximum absolute atomic E-state index is 14.0. The minimum Gasteiger partial charge on any atom is -0.342 e. The van der Waals surface area contributed by atoms with E-state index in [-0.39, 0.29) is 29.5 Å². The average molecular weight is 508 g/mol. The lowest BCUT2D eigenvalue weighted by Gasteiger charge is -2.38. The molecule has 0 radical (unpaired) electrons. The monoisotopic (exact) mass is 507 g/mol. The van der Waals surface area contributed by atoms with Crippen molar-refractivity contribution in [3.05, 3.63) is 36.4 Å². The van der Waals surface area contributed by atoms with E-state index in [0.717, 1.165) is 38.6 Å². The summed E-state index contributed by atoms with van der Waals surface area (Å²) in [5.74, 6) is 1.49. The van der Waals surface area contributed by atoms with Crippen LogP contribution in [0.25, 0.3) is 0 Å². The molecule has 2 bridgehead atoms. The molecule has 4 aliphatic rings. The van der Waals surface area contributed by atoms with Crippen molar-refractivity contribution < 1.29 is 14.4 Å². The summed E-state index contributed by atoms with van der Waals surface area (Å²) < 4.78 is 0. The van der Waals surface area contributed by atoms with Gasteiger partial charge in [-0.25, -0.2) is 4.98 Å². The molecule has 7 atom stereocenters. The Morgan fingerprint density at radius 3 is 2.41 bits per heavy atom. The number of amides is 3. The highest BCUT2D eigenvalue weighted by molar-refractivity contribution is 5.97. The predicted octanol–water partition coefficient (Wildman–Crippen LogP) is 3.36. The summed E-state index contributed by atoms with van der Waals surface area (Å²) in [6.07, 6.45) is 15.2. The number of aromatic nitrogens is 2. The van der Waals surface area contributed by atoms with Crippen molar-refractivity contribution in [3.8, 4) is 0 Å². The standard InChI is InChI=1S/C29H41N5O3/c1-17-23-20-11-10-19(14-20)21(23)16-34(17)28(37)25(29(2,3)4)33-27(36)24(18-8-6-5-7-9-18)32-26(35)22-15-30-12-13-31-22/h10-13,15,17-21,23-25H,5-9,14,16H2,1-4H3,(H,32,35)(H,33,36)/t17-,19+,20-,21-,23+,24+,25-/m1/s1. The highest BCUT2D eigenvalue weighted by atomic mass is 16.2. The van der Waals surface area contributed by atoms with Crippen LogP contribution in [0.15, 0.2) is 30.7 Å². The fourth-order valence-corrected chi connectivity index (χ4v) is 7.37. The van der Waals surface area contributed by atoms with E-state index in [0.29, 0.717) is 23.7 Å². The Morgan fingerprint density at radius 1 is 1.03 bits per heavy atom. The van der Waals surface area contributed by atoms with E-state index >= 15 is 0 Å². The molecule has 1 saturated heterocycles. The third-order valence-corrected chi connectivity index (χ3v) is 9.31. The molecule has 2 saturated carbocycles. The lowest BCUT2D eigenvalue weighted by atomic mass is 9.81. The van der Waals surface area contributed by atoms with E-state index in [2.05, 4.69) is 39.7 Å². The average Bonchev–Trinajstić information content (AvgIpc) is 3.59. The van der Waals surface area contributed by atoms with E-state index in [1.54, 1.807) is 0 Å². The zero-order valence-corrected chi connectivity index (χ0v) is 22.5. The van der Waals surface area contributed by atoms with E-state index in [1.807, 2.05) is 25.7 Å². The number of carbonyl (C=O) groups is 3. The molecule has 3 amide bonds. The van der Waals surface area contributed by atoms with Gasteiger partial charge < -0.3 is 15.5 Å². The van der Waals surface area contributed by atoms with Gasteiger partial charge in [-0.15, -0.1) is 0 Å². The Morgan fingerprint density at radius 2 is 1.76 bits per heavy atom. The van der Waals surface area contributed by atoms with Crippen LogP contribution in [0, 0.1) is 35.0 Å². The minimum absolute atomic E-state index is 0.00945. The highest BCUT2D eigenvalue weighted by Gasteiger charge is 2.55. The zero-order chi connectivity index (χ0) is 26.3. The number of nitrogens with zero attached hydrogens (tertiary/aromatic N) is 3. The predicted molar refractivity (Wildman–Crippen MR) is 140 cm³/mol. The Bertz CT molecular complexity index is 1050. The second-order valence-corrected chi connectivity index (χ2v) is 12.7. The Hall–Kier alpha value is -2.77. The Labute approximate surface area is 220 Å². The molecule has 2 heterocycles. The van der Waals surface area contributed by atoms with Crippen LogP contribution >= 0.6 is 0 Å². The quantitative estimate of drug-likeness (QED) is 0.575. The number of hydrogen-bond acceptors (Lipinski definition) is 5. The molecule has 5 rings (SSSR count). The van der Waals surface area contributed by atoms with Crippen LogP contribution < -0.4 is 10.6 Å². The van der Waals surface area contributed by atoms with E-state index < -0.39 is 23.4 Å². The lowest BCUT2D eigenvalue weighted by molar-refractivity contribution is -0.141. The third-order valence-electron chi connectivity index (χ3n) is 9.31. The van der Waals surface area contributed by atoms with Crippen LogP contribution in [0.3, 0.4) is 0 Å². The maximum atomic E-state index is 14.0. The largest absolute Gasteiger partial charge is 0.342 e. The first-order chi connectivity index (χ1) is 17.6. The molecule has 1 aliphatic heterocycles. The van der Waals surface area contributed by atoms with E-state index in [9.17, 15) is 14.4 Å². The third kappa shape index (κ3) is 5.04. The van der Waals surface area contributed by atoms with Crippen molar-refractivity contribution in [2.75, 3.05) is 6.54 Å². The van der Waals surface area contributed by atoms with Gasteiger partial charge in [0.1, 0.15) is 17.8 Å². The first kappa shape index (κ1) is 25.9. The fourth-order valence-electron chi connectivity index (χ4n) is 7.37. The van der Waals surface area contributed by atoms with Gasteiger partial charge >= 0.3 is 0 Å². The first-order valence-electron chi connectivity index (χ1n) is 14.0. The van der Waals surface area contributed by atoms with Crippen molar-refractivity contribution in [1.82, 2.24) is 25.5 Å². The van der Waals surface area contributed by atoms with E-state index in [1.165, 1.54) is 25.0 Å². The topological polar surface area (TPSA) is 104 Å².